The van der Waals surface area contributed by atoms with E-state index in [2.05, 4.69) is 6.08 Å². The van der Waals surface area contributed by atoms with E-state index in [1.54, 1.807) is 6.07 Å². The van der Waals surface area contributed by atoms with Crippen molar-refractivity contribution < 1.29 is 18.7 Å². The van der Waals surface area contributed by atoms with E-state index >= 15 is 0 Å². The van der Waals surface area contributed by atoms with E-state index in [0.717, 1.165) is 23.8 Å². The number of rotatable bonds is 3. The van der Waals surface area contributed by atoms with Gasteiger partial charge in [-0.25, -0.2) is 0 Å². The third-order valence-electron chi connectivity index (χ3n) is 3.77. The van der Waals surface area contributed by atoms with Crippen molar-refractivity contribution in [1.82, 2.24) is 0 Å². The summed E-state index contributed by atoms with van der Waals surface area (Å²) < 4.78 is 16.6. The van der Waals surface area contributed by atoms with E-state index in [0.29, 0.717) is 11.3 Å². The van der Waals surface area contributed by atoms with Crippen LogP contribution in [-0.2, 0) is 9.47 Å². The largest absolute Gasteiger partial charge is 0.465 e. The number of fused-ring (bicyclic) bond motifs is 1. The lowest BCUT2D eigenvalue weighted by atomic mass is 10.0. The molecule has 4 rings (SSSR count). The summed E-state index contributed by atoms with van der Waals surface area (Å²) in [6.45, 7) is 0. The summed E-state index contributed by atoms with van der Waals surface area (Å²) in [5.74, 6) is 0.590. The van der Waals surface area contributed by atoms with Crippen molar-refractivity contribution in [2.24, 2.45) is 0 Å². The molecular weight excluding hydrogens is 292 g/mol. The van der Waals surface area contributed by atoms with Crippen molar-refractivity contribution >= 4 is 16.8 Å². The molecule has 2 aromatic rings. The first-order chi connectivity index (χ1) is 11.3. The summed E-state index contributed by atoms with van der Waals surface area (Å²) in [5, 5.41) is 0.879. The highest BCUT2D eigenvalue weighted by atomic mass is 16.5. The van der Waals surface area contributed by atoms with Crippen LogP contribution in [0.1, 0.15) is 23.4 Å². The fourth-order valence-corrected chi connectivity index (χ4v) is 2.59. The summed E-state index contributed by atoms with van der Waals surface area (Å²) in [5.41, 5.74) is 1.68. The third-order valence-corrected chi connectivity index (χ3v) is 3.77. The standard InChI is InChI=1S/C19H14O4/c20-19(16-10-14-8-4-5-9-15(14)22-16)18-12-21-11-17(23-18)13-6-2-1-3-7-13/h1-2,4-6,8-12H,3,7H2. The minimum atomic E-state index is -0.334. The third kappa shape index (κ3) is 2.59. The Morgan fingerprint density at radius 2 is 2.04 bits per heavy atom. The number of hydrogen-bond acceptors (Lipinski definition) is 4. The molecule has 0 N–H and O–H groups in total. The van der Waals surface area contributed by atoms with Gasteiger partial charge in [-0.2, -0.15) is 0 Å². The number of carbonyl (C=O) groups excluding carboxylic acids is 1. The van der Waals surface area contributed by atoms with E-state index in [-0.39, 0.29) is 17.3 Å². The fraction of sp³-hybridized carbons (Fsp3) is 0.105. The van der Waals surface area contributed by atoms with Gasteiger partial charge in [0.2, 0.25) is 5.76 Å². The summed E-state index contributed by atoms with van der Waals surface area (Å²) >= 11 is 0. The molecule has 4 nitrogen and oxygen atoms in total. The molecule has 0 atom stereocenters. The van der Waals surface area contributed by atoms with Crippen LogP contribution < -0.4 is 0 Å². The maximum atomic E-state index is 12.6. The molecule has 1 aliphatic carbocycles. The fourth-order valence-electron chi connectivity index (χ4n) is 2.59. The first-order valence-corrected chi connectivity index (χ1v) is 7.44. The summed E-state index contributed by atoms with van der Waals surface area (Å²) in [6, 6.07) is 9.19. The van der Waals surface area contributed by atoms with Crippen LogP contribution in [0.2, 0.25) is 0 Å². The highest BCUT2D eigenvalue weighted by Gasteiger charge is 2.24. The van der Waals surface area contributed by atoms with Crippen molar-refractivity contribution in [3.8, 4) is 0 Å². The van der Waals surface area contributed by atoms with Crippen LogP contribution in [0.5, 0.6) is 0 Å². The average molecular weight is 306 g/mol. The second-order valence-corrected chi connectivity index (χ2v) is 5.34. The number of ether oxygens (including phenoxy) is 2. The zero-order valence-corrected chi connectivity index (χ0v) is 12.3. The van der Waals surface area contributed by atoms with Crippen LogP contribution in [0.25, 0.3) is 11.0 Å². The molecule has 1 aliphatic heterocycles. The number of ketones is 1. The van der Waals surface area contributed by atoms with E-state index in [4.69, 9.17) is 13.9 Å². The van der Waals surface area contributed by atoms with Crippen LogP contribution >= 0.6 is 0 Å². The summed E-state index contributed by atoms with van der Waals surface area (Å²) in [6.07, 6.45) is 10.7. The van der Waals surface area contributed by atoms with Crippen LogP contribution in [0.4, 0.5) is 0 Å². The maximum Gasteiger partial charge on any atom is 0.266 e. The van der Waals surface area contributed by atoms with Crippen LogP contribution in [0.15, 0.2) is 82.6 Å². The predicted octanol–water partition coefficient (Wildman–Crippen LogP) is 4.62. The molecule has 4 heteroatoms. The smallest absolute Gasteiger partial charge is 0.266 e. The number of carbonyl (C=O) groups is 1. The van der Waals surface area contributed by atoms with Crippen molar-refractivity contribution in [2.75, 3.05) is 0 Å². The number of para-hydroxylation sites is 1. The Hall–Kier alpha value is -3.01. The number of furan rings is 1. The second kappa shape index (κ2) is 5.65. The molecule has 23 heavy (non-hydrogen) atoms. The van der Waals surface area contributed by atoms with Crippen molar-refractivity contribution in [3.05, 3.63) is 83.9 Å². The van der Waals surface area contributed by atoms with E-state index in [1.165, 1.54) is 12.5 Å². The van der Waals surface area contributed by atoms with Gasteiger partial charge < -0.3 is 13.9 Å². The van der Waals surface area contributed by atoms with Gasteiger partial charge in [0.1, 0.15) is 18.1 Å². The van der Waals surface area contributed by atoms with Gasteiger partial charge >= 0.3 is 0 Å². The number of Topliss-reactive ketones (excluding diaryl/α,β-unsaturated/α-hetero) is 1. The van der Waals surface area contributed by atoms with Gasteiger partial charge in [-0.3, -0.25) is 4.79 Å². The van der Waals surface area contributed by atoms with E-state index in [9.17, 15) is 4.79 Å². The number of hydrogen-bond donors (Lipinski definition) is 0. The molecule has 114 valence electrons. The average Bonchev–Trinajstić information content (AvgIpc) is 3.06. The molecule has 1 aromatic carbocycles. The molecule has 2 heterocycles. The quantitative estimate of drug-likeness (QED) is 0.776. The first-order valence-electron chi connectivity index (χ1n) is 7.44. The molecule has 0 saturated carbocycles. The van der Waals surface area contributed by atoms with Gasteiger partial charge in [-0.1, -0.05) is 36.4 Å². The summed E-state index contributed by atoms with van der Waals surface area (Å²) in [4.78, 5) is 12.6. The Kier molecular flexibility index (Phi) is 3.35. The maximum absolute atomic E-state index is 12.6. The zero-order chi connectivity index (χ0) is 15.6. The van der Waals surface area contributed by atoms with Crippen LogP contribution in [-0.4, -0.2) is 5.78 Å². The Bertz CT molecular complexity index is 860. The number of benzene rings is 1. The highest BCUT2D eigenvalue weighted by Crippen LogP contribution is 2.28. The molecule has 0 saturated heterocycles. The van der Waals surface area contributed by atoms with Gasteiger partial charge in [-0.15, -0.1) is 0 Å². The molecular formula is C19H14O4. The van der Waals surface area contributed by atoms with Crippen LogP contribution in [0.3, 0.4) is 0 Å². The summed E-state index contributed by atoms with van der Waals surface area (Å²) in [7, 11) is 0. The van der Waals surface area contributed by atoms with Crippen molar-refractivity contribution in [2.45, 2.75) is 12.8 Å². The van der Waals surface area contributed by atoms with Gasteiger partial charge in [0.05, 0.1) is 0 Å². The van der Waals surface area contributed by atoms with Gasteiger partial charge in [-0.05, 0) is 30.5 Å². The molecule has 0 bridgehead atoms. The molecule has 0 fully saturated rings. The SMILES string of the molecule is O=C(C1=COC=C(C2=CC=CCC2)O1)c1cc2ccccc2o1. The lowest BCUT2D eigenvalue weighted by molar-refractivity contribution is 0.0909. The molecule has 0 spiro atoms. The van der Waals surface area contributed by atoms with Gasteiger partial charge in [0.15, 0.2) is 11.5 Å². The second-order valence-electron chi connectivity index (χ2n) is 5.34. The topological polar surface area (TPSA) is 48.7 Å². The number of allylic oxidation sites excluding steroid dienone is 5. The molecule has 0 amide bonds. The van der Waals surface area contributed by atoms with Gasteiger partial charge in [0.25, 0.3) is 5.78 Å². The minimum Gasteiger partial charge on any atom is -0.465 e. The van der Waals surface area contributed by atoms with Gasteiger partial charge in [0, 0.05) is 5.39 Å². The highest BCUT2D eigenvalue weighted by molar-refractivity contribution is 6.07. The first kappa shape index (κ1) is 13.6. The predicted molar refractivity (Wildman–Crippen MR) is 85.3 cm³/mol. The molecule has 1 aromatic heterocycles. The Balaban J connectivity index is 1.58. The monoisotopic (exact) mass is 306 g/mol. The van der Waals surface area contributed by atoms with Crippen LogP contribution in [0, 0.1) is 0 Å². The zero-order valence-electron chi connectivity index (χ0n) is 12.3. The minimum absolute atomic E-state index is 0.122. The Morgan fingerprint density at radius 1 is 1.13 bits per heavy atom. The van der Waals surface area contributed by atoms with E-state index < -0.39 is 0 Å². The van der Waals surface area contributed by atoms with Crippen molar-refractivity contribution in [3.63, 3.8) is 0 Å². The Labute approximate surface area is 133 Å². The molecule has 0 unspecified atom stereocenters. The Morgan fingerprint density at radius 3 is 2.87 bits per heavy atom. The van der Waals surface area contributed by atoms with E-state index in [1.807, 2.05) is 36.4 Å². The normalized spacial score (nSPS) is 17.0. The molecule has 2 aliphatic rings. The lowest BCUT2D eigenvalue weighted by Gasteiger charge is -2.18. The van der Waals surface area contributed by atoms with Crippen molar-refractivity contribution in [1.29, 1.82) is 0 Å². The lowest BCUT2D eigenvalue weighted by Crippen LogP contribution is -2.11. The molecule has 0 radical (unpaired) electrons.